The number of benzene rings is 2. The number of likely N-dealkylation sites (N-methyl/N-ethyl adjacent to an activating group) is 1. The Balaban J connectivity index is 1.92. The van der Waals surface area contributed by atoms with Crippen molar-refractivity contribution in [1.82, 2.24) is 4.90 Å². The maximum Gasteiger partial charge on any atom is 0.266 e. The van der Waals surface area contributed by atoms with E-state index in [1.54, 1.807) is 19.2 Å². The molecule has 0 spiro atoms. The third-order valence-electron chi connectivity index (χ3n) is 3.97. The predicted molar refractivity (Wildman–Crippen MR) is 123 cm³/mol. The fourth-order valence-corrected chi connectivity index (χ4v) is 4.33. The second kappa shape index (κ2) is 9.69. The number of carbonyl (C=O) groups excluding carboxylic acids is 1. The number of thioether (sulfide) groups is 1. The summed E-state index contributed by atoms with van der Waals surface area (Å²) in [4.78, 5) is 19.4. The highest BCUT2D eigenvalue weighted by atomic mass is 79.9. The smallest absolute Gasteiger partial charge is 0.266 e. The van der Waals surface area contributed by atoms with Crippen LogP contribution in [0.15, 0.2) is 50.8 Å². The second-order valence-corrected chi connectivity index (χ2v) is 8.34. The standard InChI is InChI=1S/C21H20BrClN2O3S/c1-4-27-17-11-13(10-16(22)19(17)28-5-2)12-18-20(26)25(3)21(29-18)24-15-8-6-14(23)7-9-15/h6-12H,4-5H2,1-3H3/b18-12+,24-21?. The number of hydrogen-bond donors (Lipinski definition) is 0. The third-order valence-corrected chi connectivity index (χ3v) is 5.87. The molecule has 0 aliphatic carbocycles. The monoisotopic (exact) mass is 494 g/mol. The van der Waals surface area contributed by atoms with Gasteiger partial charge in [0.25, 0.3) is 5.91 Å². The number of nitrogens with zero attached hydrogens (tertiary/aromatic N) is 2. The van der Waals surface area contributed by atoms with Crippen LogP contribution >= 0.6 is 39.3 Å². The van der Waals surface area contributed by atoms with E-state index in [1.165, 1.54) is 16.7 Å². The zero-order valence-corrected chi connectivity index (χ0v) is 19.4. The maximum atomic E-state index is 12.7. The van der Waals surface area contributed by atoms with Gasteiger partial charge in [-0.25, -0.2) is 4.99 Å². The molecule has 1 aliphatic rings. The highest BCUT2D eigenvalue weighted by Crippen LogP contribution is 2.39. The fourth-order valence-electron chi connectivity index (χ4n) is 2.65. The molecule has 2 aromatic carbocycles. The van der Waals surface area contributed by atoms with Crippen LogP contribution in [0.2, 0.25) is 5.02 Å². The molecule has 3 rings (SSSR count). The van der Waals surface area contributed by atoms with E-state index in [-0.39, 0.29) is 5.91 Å². The minimum atomic E-state index is -0.106. The lowest BCUT2D eigenvalue weighted by Crippen LogP contribution is -2.23. The molecular weight excluding hydrogens is 476 g/mol. The van der Waals surface area contributed by atoms with Crippen LogP contribution in [0.5, 0.6) is 11.5 Å². The molecule has 0 radical (unpaired) electrons. The molecule has 8 heteroatoms. The summed E-state index contributed by atoms with van der Waals surface area (Å²) in [7, 11) is 1.71. The van der Waals surface area contributed by atoms with Gasteiger partial charge in [0.05, 0.1) is 28.3 Å². The molecule has 0 aromatic heterocycles. The highest BCUT2D eigenvalue weighted by molar-refractivity contribution is 9.10. The number of aliphatic imine (C=N–C) groups is 1. The molecule has 0 N–H and O–H groups in total. The van der Waals surface area contributed by atoms with Crippen molar-refractivity contribution in [1.29, 1.82) is 0 Å². The van der Waals surface area contributed by atoms with E-state index in [1.807, 2.05) is 44.2 Å². The number of halogens is 2. The molecule has 0 saturated carbocycles. The van der Waals surface area contributed by atoms with E-state index >= 15 is 0 Å². The van der Waals surface area contributed by atoms with Crippen LogP contribution in [0.3, 0.4) is 0 Å². The van der Waals surface area contributed by atoms with E-state index in [0.29, 0.717) is 39.8 Å². The van der Waals surface area contributed by atoms with Crippen molar-refractivity contribution in [3.05, 3.63) is 56.4 Å². The van der Waals surface area contributed by atoms with Crippen LogP contribution in [-0.4, -0.2) is 36.2 Å². The number of hydrogen-bond acceptors (Lipinski definition) is 5. The first-order valence-electron chi connectivity index (χ1n) is 9.04. The first-order valence-corrected chi connectivity index (χ1v) is 11.0. The summed E-state index contributed by atoms with van der Waals surface area (Å²) >= 11 is 10.8. The van der Waals surface area contributed by atoms with Gasteiger partial charge < -0.3 is 9.47 Å². The van der Waals surface area contributed by atoms with Gasteiger partial charge in [0.15, 0.2) is 16.7 Å². The Hall–Kier alpha value is -1.96. The minimum absolute atomic E-state index is 0.106. The van der Waals surface area contributed by atoms with Crippen LogP contribution in [0.25, 0.3) is 6.08 Å². The Bertz CT molecular complexity index is 977. The average Bonchev–Trinajstić information content (AvgIpc) is 2.94. The Labute approximate surface area is 187 Å². The summed E-state index contributed by atoms with van der Waals surface area (Å²) < 4.78 is 12.2. The number of carbonyl (C=O) groups is 1. The van der Waals surface area contributed by atoms with Crippen molar-refractivity contribution >= 4 is 62.1 Å². The largest absolute Gasteiger partial charge is 0.490 e. The summed E-state index contributed by atoms with van der Waals surface area (Å²) in [5, 5.41) is 1.25. The van der Waals surface area contributed by atoms with Crippen molar-refractivity contribution in [3.63, 3.8) is 0 Å². The zero-order chi connectivity index (χ0) is 21.0. The van der Waals surface area contributed by atoms with Crippen LogP contribution < -0.4 is 9.47 Å². The molecule has 152 valence electrons. The minimum Gasteiger partial charge on any atom is -0.490 e. The van der Waals surface area contributed by atoms with E-state index in [0.717, 1.165) is 15.7 Å². The van der Waals surface area contributed by atoms with Crippen molar-refractivity contribution < 1.29 is 14.3 Å². The zero-order valence-electron chi connectivity index (χ0n) is 16.2. The van der Waals surface area contributed by atoms with Gasteiger partial charge in [-0.05, 0) is 89.6 Å². The fraction of sp³-hybridized carbons (Fsp3) is 0.238. The van der Waals surface area contributed by atoms with Crippen LogP contribution in [0.4, 0.5) is 5.69 Å². The average molecular weight is 496 g/mol. The summed E-state index contributed by atoms with van der Waals surface area (Å²) in [6.07, 6.45) is 1.83. The molecule has 29 heavy (non-hydrogen) atoms. The number of rotatable bonds is 6. The van der Waals surface area contributed by atoms with Gasteiger partial charge in [0.2, 0.25) is 0 Å². The molecule has 0 bridgehead atoms. The molecule has 5 nitrogen and oxygen atoms in total. The molecule has 1 fully saturated rings. The van der Waals surface area contributed by atoms with Crippen molar-refractivity contribution in [2.75, 3.05) is 20.3 Å². The molecule has 0 unspecified atom stereocenters. The summed E-state index contributed by atoms with van der Waals surface area (Å²) in [5.74, 6) is 1.18. The normalized spacial score (nSPS) is 16.7. The molecule has 0 atom stereocenters. The van der Waals surface area contributed by atoms with Gasteiger partial charge in [-0.1, -0.05) is 11.6 Å². The predicted octanol–water partition coefficient (Wildman–Crippen LogP) is 6.13. The topological polar surface area (TPSA) is 51.1 Å². The lowest BCUT2D eigenvalue weighted by Gasteiger charge is -2.13. The maximum absolute atomic E-state index is 12.7. The first kappa shape index (κ1) is 21.7. The first-order chi connectivity index (χ1) is 13.9. The number of amides is 1. The SMILES string of the molecule is CCOc1cc(/C=C2/SC(=Nc3ccc(Cl)cc3)N(C)C2=O)cc(Br)c1OCC. The Morgan fingerprint density at radius 3 is 2.52 bits per heavy atom. The molecule has 2 aromatic rings. The van der Waals surface area contributed by atoms with Gasteiger partial charge in [0, 0.05) is 12.1 Å². The third kappa shape index (κ3) is 5.15. The number of amidine groups is 1. The lowest BCUT2D eigenvalue weighted by atomic mass is 10.2. The van der Waals surface area contributed by atoms with E-state index in [4.69, 9.17) is 21.1 Å². The van der Waals surface area contributed by atoms with E-state index < -0.39 is 0 Å². The highest BCUT2D eigenvalue weighted by Gasteiger charge is 2.30. The van der Waals surface area contributed by atoms with E-state index in [2.05, 4.69) is 20.9 Å². The van der Waals surface area contributed by atoms with Crippen LogP contribution in [0.1, 0.15) is 19.4 Å². The summed E-state index contributed by atoms with van der Waals surface area (Å²) in [5.41, 5.74) is 1.57. The van der Waals surface area contributed by atoms with Crippen LogP contribution in [0, 0.1) is 0 Å². The Morgan fingerprint density at radius 2 is 1.86 bits per heavy atom. The lowest BCUT2D eigenvalue weighted by molar-refractivity contribution is -0.121. The second-order valence-electron chi connectivity index (χ2n) is 6.04. The van der Waals surface area contributed by atoms with Gasteiger partial charge >= 0.3 is 0 Å². The van der Waals surface area contributed by atoms with Crippen LogP contribution in [-0.2, 0) is 4.79 Å². The summed E-state index contributed by atoms with van der Waals surface area (Å²) in [6.45, 7) is 4.88. The molecular formula is C21H20BrClN2O3S. The number of ether oxygens (including phenoxy) is 2. The van der Waals surface area contributed by atoms with Crippen molar-refractivity contribution in [2.45, 2.75) is 13.8 Å². The van der Waals surface area contributed by atoms with Gasteiger partial charge in [-0.2, -0.15) is 0 Å². The Kier molecular flexibility index (Phi) is 7.27. The van der Waals surface area contributed by atoms with Gasteiger partial charge in [0.1, 0.15) is 0 Å². The van der Waals surface area contributed by atoms with Crippen molar-refractivity contribution in [2.24, 2.45) is 4.99 Å². The molecule has 1 amide bonds. The Morgan fingerprint density at radius 1 is 1.17 bits per heavy atom. The van der Waals surface area contributed by atoms with E-state index in [9.17, 15) is 4.79 Å². The van der Waals surface area contributed by atoms with Crippen molar-refractivity contribution in [3.8, 4) is 11.5 Å². The summed E-state index contributed by atoms with van der Waals surface area (Å²) in [6, 6.07) is 10.9. The molecule has 1 saturated heterocycles. The van der Waals surface area contributed by atoms with Gasteiger partial charge in [-0.15, -0.1) is 0 Å². The molecule has 1 aliphatic heterocycles. The van der Waals surface area contributed by atoms with Gasteiger partial charge in [-0.3, -0.25) is 9.69 Å². The quantitative estimate of drug-likeness (QED) is 0.452. The molecule has 1 heterocycles.